The monoisotopic (exact) mass is 306 g/mol. The molecule has 0 aliphatic carbocycles. The molecule has 1 aromatic carbocycles. The topological polar surface area (TPSA) is 59.6 Å². The van der Waals surface area contributed by atoms with Gasteiger partial charge in [-0.15, -0.1) is 0 Å². The van der Waals surface area contributed by atoms with Crippen molar-refractivity contribution in [2.45, 2.75) is 44.9 Å². The zero-order valence-electron chi connectivity index (χ0n) is 13.4. The van der Waals surface area contributed by atoms with Crippen molar-refractivity contribution in [3.8, 4) is 0 Å². The minimum Gasteiger partial charge on any atom is -0.377 e. The molecule has 1 fully saturated rings. The van der Waals surface area contributed by atoms with Gasteiger partial charge in [-0.3, -0.25) is 0 Å². The van der Waals surface area contributed by atoms with Crippen molar-refractivity contribution in [3.05, 3.63) is 35.9 Å². The molecular weight excluding hydrogens is 280 g/mol. The summed E-state index contributed by atoms with van der Waals surface area (Å²) >= 11 is 0. The van der Waals surface area contributed by atoms with E-state index in [-0.39, 0.29) is 24.3 Å². The maximum Gasteiger partial charge on any atom is 0.315 e. The maximum absolute atomic E-state index is 11.9. The van der Waals surface area contributed by atoms with Crippen LogP contribution in [0.15, 0.2) is 30.3 Å². The lowest BCUT2D eigenvalue weighted by atomic mass is 9.97. The van der Waals surface area contributed by atoms with Gasteiger partial charge in [0.15, 0.2) is 0 Å². The molecule has 1 heterocycles. The van der Waals surface area contributed by atoms with Gasteiger partial charge in [0.05, 0.1) is 18.8 Å². The molecule has 1 saturated heterocycles. The summed E-state index contributed by atoms with van der Waals surface area (Å²) in [7, 11) is 0. The Hall–Kier alpha value is -1.59. The quantitative estimate of drug-likeness (QED) is 0.794. The minimum atomic E-state index is -0.133. The second-order valence-electron chi connectivity index (χ2n) is 5.81. The highest BCUT2D eigenvalue weighted by molar-refractivity contribution is 5.74. The van der Waals surface area contributed by atoms with Crippen molar-refractivity contribution in [1.82, 2.24) is 10.6 Å². The molecule has 1 aromatic rings. The smallest absolute Gasteiger partial charge is 0.315 e. The Morgan fingerprint density at radius 3 is 2.86 bits per heavy atom. The van der Waals surface area contributed by atoms with E-state index in [1.165, 1.54) is 5.56 Å². The number of urea groups is 1. The molecule has 1 aliphatic rings. The van der Waals surface area contributed by atoms with Crippen LogP contribution in [0.25, 0.3) is 0 Å². The molecule has 0 saturated carbocycles. The molecule has 0 unspecified atom stereocenters. The van der Waals surface area contributed by atoms with Gasteiger partial charge in [0.2, 0.25) is 0 Å². The molecule has 0 spiro atoms. The van der Waals surface area contributed by atoms with Crippen LogP contribution in [0.3, 0.4) is 0 Å². The van der Waals surface area contributed by atoms with Gasteiger partial charge in [0, 0.05) is 19.2 Å². The normalized spacial score (nSPS) is 21.6. The Morgan fingerprint density at radius 1 is 1.36 bits per heavy atom. The lowest BCUT2D eigenvalue weighted by Gasteiger charge is -2.30. The lowest BCUT2D eigenvalue weighted by molar-refractivity contribution is 0.00218. The first-order valence-electron chi connectivity index (χ1n) is 7.97. The summed E-state index contributed by atoms with van der Waals surface area (Å²) in [5.41, 5.74) is 1.17. The Morgan fingerprint density at radius 2 is 2.14 bits per heavy atom. The molecule has 5 nitrogen and oxygen atoms in total. The number of carbonyl (C=O) groups excluding carboxylic acids is 1. The van der Waals surface area contributed by atoms with Gasteiger partial charge in [-0.2, -0.15) is 0 Å². The van der Waals surface area contributed by atoms with Crippen molar-refractivity contribution in [2.24, 2.45) is 0 Å². The summed E-state index contributed by atoms with van der Waals surface area (Å²) in [4.78, 5) is 11.9. The molecule has 122 valence electrons. The standard InChI is InChI=1S/C17H26N2O3/c1-13(2)21-11-9-18-17(20)19-15-8-10-22-16(12-15)14-6-4-3-5-7-14/h3-7,13,15-16H,8-12H2,1-2H3,(H2,18,19,20)/t15-,16-/m0/s1. The molecule has 2 rings (SSSR count). The van der Waals surface area contributed by atoms with Gasteiger partial charge in [0.25, 0.3) is 0 Å². The second-order valence-corrected chi connectivity index (χ2v) is 5.81. The number of nitrogens with one attached hydrogen (secondary N) is 2. The molecule has 0 aromatic heterocycles. The summed E-state index contributed by atoms with van der Waals surface area (Å²) in [5, 5.41) is 5.85. The first-order valence-corrected chi connectivity index (χ1v) is 7.97. The van der Waals surface area contributed by atoms with E-state index in [1.807, 2.05) is 32.0 Å². The first kappa shape index (κ1) is 16.8. The van der Waals surface area contributed by atoms with Crippen molar-refractivity contribution in [2.75, 3.05) is 19.8 Å². The summed E-state index contributed by atoms with van der Waals surface area (Å²) in [6.07, 6.45) is 1.90. The molecule has 2 N–H and O–H groups in total. The second kappa shape index (κ2) is 8.76. The van der Waals surface area contributed by atoms with Gasteiger partial charge in [-0.25, -0.2) is 4.79 Å². The first-order chi connectivity index (χ1) is 10.6. The Labute approximate surface area is 132 Å². The van der Waals surface area contributed by atoms with Crippen LogP contribution in [-0.2, 0) is 9.47 Å². The van der Waals surface area contributed by atoms with Crippen LogP contribution >= 0.6 is 0 Å². The third-order valence-electron chi connectivity index (χ3n) is 3.63. The zero-order valence-corrected chi connectivity index (χ0v) is 13.4. The van der Waals surface area contributed by atoms with E-state index in [2.05, 4.69) is 22.8 Å². The van der Waals surface area contributed by atoms with Gasteiger partial charge >= 0.3 is 6.03 Å². The highest BCUT2D eigenvalue weighted by Crippen LogP contribution is 2.27. The van der Waals surface area contributed by atoms with E-state index in [1.54, 1.807) is 0 Å². The number of benzene rings is 1. The van der Waals surface area contributed by atoms with E-state index in [9.17, 15) is 4.79 Å². The third kappa shape index (κ3) is 5.66. The van der Waals surface area contributed by atoms with Crippen molar-refractivity contribution in [3.63, 3.8) is 0 Å². The highest BCUT2D eigenvalue weighted by atomic mass is 16.5. The summed E-state index contributed by atoms with van der Waals surface area (Å²) in [6.45, 7) is 5.68. The number of hydrogen-bond acceptors (Lipinski definition) is 3. The summed E-state index contributed by atoms with van der Waals surface area (Å²) in [6, 6.07) is 10.2. The van der Waals surface area contributed by atoms with Crippen molar-refractivity contribution in [1.29, 1.82) is 0 Å². The molecule has 1 aliphatic heterocycles. The van der Waals surface area contributed by atoms with Crippen molar-refractivity contribution < 1.29 is 14.3 Å². The molecule has 0 radical (unpaired) electrons. The predicted molar refractivity (Wildman–Crippen MR) is 85.8 cm³/mol. The molecule has 0 bridgehead atoms. The maximum atomic E-state index is 11.9. The Kier molecular flexibility index (Phi) is 6.68. The van der Waals surface area contributed by atoms with E-state index in [0.29, 0.717) is 19.8 Å². The SMILES string of the molecule is CC(C)OCCNC(=O)N[C@H]1CCO[C@H](c2ccccc2)C1. The van der Waals surface area contributed by atoms with Crippen LogP contribution in [-0.4, -0.2) is 37.9 Å². The number of rotatable bonds is 6. The average Bonchev–Trinajstić information content (AvgIpc) is 2.52. The number of amides is 2. The average molecular weight is 306 g/mol. The van der Waals surface area contributed by atoms with Gasteiger partial charge in [-0.1, -0.05) is 30.3 Å². The van der Waals surface area contributed by atoms with Crippen LogP contribution in [0, 0.1) is 0 Å². The highest BCUT2D eigenvalue weighted by Gasteiger charge is 2.24. The number of ether oxygens (including phenoxy) is 2. The molecule has 22 heavy (non-hydrogen) atoms. The fourth-order valence-electron chi connectivity index (χ4n) is 2.52. The number of hydrogen-bond donors (Lipinski definition) is 2. The summed E-state index contributed by atoms with van der Waals surface area (Å²) in [5.74, 6) is 0. The van der Waals surface area contributed by atoms with E-state index in [4.69, 9.17) is 9.47 Å². The predicted octanol–water partition coefficient (Wildman–Crippen LogP) is 2.63. The fourth-order valence-corrected chi connectivity index (χ4v) is 2.52. The lowest BCUT2D eigenvalue weighted by Crippen LogP contribution is -2.45. The van der Waals surface area contributed by atoms with Crippen molar-refractivity contribution >= 4 is 6.03 Å². The van der Waals surface area contributed by atoms with Crippen LogP contribution in [0.2, 0.25) is 0 Å². The van der Waals surface area contributed by atoms with E-state index in [0.717, 1.165) is 12.8 Å². The van der Waals surface area contributed by atoms with Gasteiger partial charge < -0.3 is 20.1 Å². The molecular formula is C17H26N2O3. The largest absolute Gasteiger partial charge is 0.377 e. The van der Waals surface area contributed by atoms with Gasteiger partial charge in [-0.05, 0) is 32.3 Å². The third-order valence-corrected chi connectivity index (χ3v) is 3.63. The van der Waals surface area contributed by atoms with E-state index >= 15 is 0 Å². The minimum absolute atomic E-state index is 0.0597. The van der Waals surface area contributed by atoms with E-state index < -0.39 is 0 Å². The van der Waals surface area contributed by atoms with Crippen LogP contribution in [0.1, 0.15) is 38.4 Å². The zero-order chi connectivity index (χ0) is 15.8. The molecule has 2 atom stereocenters. The van der Waals surface area contributed by atoms with Crippen LogP contribution in [0.5, 0.6) is 0 Å². The van der Waals surface area contributed by atoms with Crippen LogP contribution in [0.4, 0.5) is 4.79 Å². The fraction of sp³-hybridized carbons (Fsp3) is 0.588. The van der Waals surface area contributed by atoms with Crippen LogP contribution < -0.4 is 10.6 Å². The Balaban J connectivity index is 1.72. The Bertz CT molecular complexity index is 450. The van der Waals surface area contributed by atoms with Gasteiger partial charge in [0.1, 0.15) is 0 Å². The molecule has 5 heteroatoms. The molecule has 2 amide bonds. The number of carbonyl (C=O) groups is 1. The summed E-state index contributed by atoms with van der Waals surface area (Å²) < 4.78 is 11.2.